The molecule has 1 fully saturated rings. The van der Waals surface area contributed by atoms with Crippen LogP contribution in [0.2, 0.25) is 12.6 Å². The summed E-state index contributed by atoms with van der Waals surface area (Å²) >= 11 is 3.79. The SMILES string of the molecule is CCCC/C=C(\Br)B1CC(C)CC(C)C1. The molecule has 0 aromatic heterocycles. The molecule has 1 aliphatic rings. The first-order chi connectivity index (χ1) is 7.13. The summed E-state index contributed by atoms with van der Waals surface area (Å²) in [4.78, 5) is 0. The van der Waals surface area contributed by atoms with Crippen molar-refractivity contribution < 1.29 is 0 Å². The summed E-state index contributed by atoms with van der Waals surface area (Å²) in [5, 5.41) is 0. The molecule has 0 nitrogen and oxygen atoms in total. The number of unbranched alkanes of at least 4 members (excludes halogenated alkanes) is 2. The number of rotatable bonds is 4. The van der Waals surface area contributed by atoms with Crippen molar-refractivity contribution in [1.29, 1.82) is 0 Å². The smallest absolute Gasteiger partial charge is 0.0834 e. The van der Waals surface area contributed by atoms with E-state index in [2.05, 4.69) is 42.8 Å². The number of hydrogen-bond donors (Lipinski definition) is 0. The minimum Gasteiger partial charge on any atom is -0.0834 e. The van der Waals surface area contributed by atoms with Crippen LogP contribution < -0.4 is 0 Å². The molecule has 1 aliphatic heterocycles. The number of halogens is 1. The van der Waals surface area contributed by atoms with E-state index in [1.165, 1.54) is 42.7 Å². The highest BCUT2D eigenvalue weighted by Gasteiger charge is 2.28. The number of allylic oxidation sites excluding steroid dienone is 1. The molecule has 0 radical (unpaired) electrons. The average Bonchev–Trinajstić information content (AvgIpc) is 2.16. The molecule has 0 N–H and O–H groups in total. The normalized spacial score (nSPS) is 28.3. The zero-order chi connectivity index (χ0) is 11.3. The van der Waals surface area contributed by atoms with Gasteiger partial charge in [0.25, 0.3) is 0 Å². The van der Waals surface area contributed by atoms with Crippen LogP contribution in [0.4, 0.5) is 0 Å². The summed E-state index contributed by atoms with van der Waals surface area (Å²) in [5.74, 6) is 1.82. The molecule has 2 atom stereocenters. The molecule has 0 spiro atoms. The predicted octanol–water partition coefficient (Wildman–Crippen LogP) is 5.17. The van der Waals surface area contributed by atoms with Gasteiger partial charge in [-0.3, -0.25) is 0 Å². The zero-order valence-electron chi connectivity index (χ0n) is 10.4. The van der Waals surface area contributed by atoms with Crippen LogP contribution in [-0.4, -0.2) is 6.71 Å². The Morgan fingerprint density at radius 3 is 2.47 bits per heavy atom. The van der Waals surface area contributed by atoms with Crippen LogP contribution in [0, 0.1) is 11.8 Å². The summed E-state index contributed by atoms with van der Waals surface area (Å²) in [6.45, 7) is 7.86. The van der Waals surface area contributed by atoms with Crippen molar-refractivity contribution in [1.82, 2.24) is 0 Å². The maximum atomic E-state index is 3.79. The third kappa shape index (κ3) is 4.76. The third-order valence-corrected chi connectivity index (χ3v) is 4.44. The Morgan fingerprint density at radius 2 is 1.93 bits per heavy atom. The molecule has 1 heterocycles. The fourth-order valence-electron chi connectivity index (χ4n) is 2.78. The van der Waals surface area contributed by atoms with Crippen molar-refractivity contribution in [3.8, 4) is 0 Å². The lowest BCUT2D eigenvalue weighted by molar-refractivity contribution is 0.440. The summed E-state index contributed by atoms with van der Waals surface area (Å²) in [6, 6.07) is 0. The highest BCUT2D eigenvalue weighted by molar-refractivity contribution is 9.12. The van der Waals surface area contributed by atoms with Crippen LogP contribution in [0.5, 0.6) is 0 Å². The van der Waals surface area contributed by atoms with E-state index in [4.69, 9.17) is 0 Å². The molecule has 0 aromatic rings. The molecule has 0 saturated carbocycles. The van der Waals surface area contributed by atoms with Gasteiger partial charge in [0, 0.05) is 0 Å². The summed E-state index contributed by atoms with van der Waals surface area (Å²) in [5.41, 5.74) is 0. The molecular weight excluding hydrogens is 247 g/mol. The lowest BCUT2D eigenvalue weighted by atomic mass is 9.38. The van der Waals surface area contributed by atoms with Crippen molar-refractivity contribution in [3.05, 3.63) is 10.5 Å². The highest BCUT2D eigenvalue weighted by atomic mass is 79.9. The van der Waals surface area contributed by atoms with Gasteiger partial charge in [0.2, 0.25) is 0 Å². The molecular formula is C13H24BBr. The van der Waals surface area contributed by atoms with Crippen LogP contribution in [-0.2, 0) is 0 Å². The predicted molar refractivity (Wildman–Crippen MR) is 74.8 cm³/mol. The van der Waals surface area contributed by atoms with Gasteiger partial charge in [-0.15, -0.1) is 0 Å². The highest BCUT2D eigenvalue weighted by Crippen LogP contribution is 2.34. The Bertz CT molecular complexity index is 203. The van der Waals surface area contributed by atoms with Crippen molar-refractivity contribution in [2.75, 3.05) is 0 Å². The maximum absolute atomic E-state index is 3.79. The van der Waals surface area contributed by atoms with Gasteiger partial charge in [-0.1, -0.05) is 80.1 Å². The standard InChI is InChI=1S/C13H24BBr/c1-4-5-6-7-13(15)14-9-11(2)8-12(3)10-14/h7,11-12H,4-6,8-10H2,1-3H3/b13-7-. The Hall–Kier alpha value is 0.285. The second-order valence-corrected chi connectivity index (χ2v) is 6.26. The van der Waals surface area contributed by atoms with E-state index in [-0.39, 0.29) is 0 Å². The fourth-order valence-corrected chi connectivity index (χ4v) is 3.39. The van der Waals surface area contributed by atoms with Gasteiger partial charge in [0.15, 0.2) is 6.71 Å². The molecule has 86 valence electrons. The molecule has 1 saturated heterocycles. The van der Waals surface area contributed by atoms with E-state index in [1.54, 1.807) is 0 Å². The first-order valence-corrected chi connectivity index (χ1v) is 7.28. The lowest BCUT2D eigenvalue weighted by Crippen LogP contribution is -2.26. The van der Waals surface area contributed by atoms with E-state index in [0.29, 0.717) is 0 Å². The third-order valence-electron chi connectivity index (χ3n) is 3.47. The van der Waals surface area contributed by atoms with Gasteiger partial charge in [-0.2, -0.15) is 0 Å². The average molecular weight is 271 g/mol. The van der Waals surface area contributed by atoms with Crippen LogP contribution in [0.1, 0.15) is 46.5 Å². The number of hydrogen-bond acceptors (Lipinski definition) is 0. The Morgan fingerprint density at radius 1 is 1.33 bits per heavy atom. The van der Waals surface area contributed by atoms with Gasteiger partial charge in [-0.05, 0) is 17.2 Å². The van der Waals surface area contributed by atoms with Crippen LogP contribution in [0.3, 0.4) is 0 Å². The second kappa shape index (κ2) is 6.78. The monoisotopic (exact) mass is 270 g/mol. The fraction of sp³-hybridized carbons (Fsp3) is 0.846. The van der Waals surface area contributed by atoms with E-state index >= 15 is 0 Å². The first-order valence-electron chi connectivity index (χ1n) is 6.49. The van der Waals surface area contributed by atoms with Gasteiger partial charge in [0.05, 0.1) is 0 Å². The van der Waals surface area contributed by atoms with Crippen LogP contribution >= 0.6 is 15.9 Å². The van der Waals surface area contributed by atoms with Crippen molar-refractivity contribution in [2.24, 2.45) is 11.8 Å². The topological polar surface area (TPSA) is 0 Å². The molecule has 1 rings (SSSR count). The molecule has 15 heavy (non-hydrogen) atoms. The van der Waals surface area contributed by atoms with Crippen molar-refractivity contribution >= 4 is 22.6 Å². The van der Waals surface area contributed by atoms with E-state index in [9.17, 15) is 0 Å². The maximum Gasteiger partial charge on any atom is 0.185 e. The minimum atomic E-state index is 0.806. The summed E-state index contributed by atoms with van der Waals surface area (Å²) in [6.07, 6.45) is 10.5. The molecule has 0 aliphatic carbocycles. The minimum absolute atomic E-state index is 0.806. The Kier molecular flexibility index (Phi) is 6.03. The molecule has 2 heteroatoms. The summed E-state index contributed by atoms with van der Waals surface area (Å²) < 4.78 is 1.48. The molecule has 2 unspecified atom stereocenters. The first kappa shape index (κ1) is 13.4. The summed E-state index contributed by atoms with van der Waals surface area (Å²) in [7, 11) is 0. The molecule has 0 amide bonds. The van der Waals surface area contributed by atoms with Gasteiger partial charge < -0.3 is 0 Å². The zero-order valence-corrected chi connectivity index (χ0v) is 12.0. The van der Waals surface area contributed by atoms with E-state index < -0.39 is 0 Å². The van der Waals surface area contributed by atoms with Gasteiger partial charge in [0.1, 0.15) is 0 Å². The van der Waals surface area contributed by atoms with Crippen LogP contribution in [0.15, 0.2) is 10.5 Å². The Balaban J connectivity index is 2.43. The van der Waals surface area contributed by atoms with E-state index in [1.807, 2.05) is 0 Å². The molecule has 0 aromatic carbocycles. The molecule has 0 bridgehead atoms. The van der Waals surface area contributed by atoms with Crippen molar-refractivity contribution in [3.63, 3.8) is 0 Å². The quantitative estimate of drug-likeness (QED) is 0.489. The van der Waals surface area contributed by atoms with Gasteiger partial charge >= 0.3 is 0 Å². The second-order valence-electron chi connectivity index (χ2n) is 5.35. The van der Waals surface area contributed by atoms with Crippen LogP contribution in [0.25, 0.3) is 0 Å². The lowest BCUT2D eigenvalue weighted by Gasteiger charge is -2.29. The Labute approximate surface area is 104 Å². The van der Waals surface area contributed by atoms with Gasteiger partial charge in [-0.25, -0.2) is 0 Å². The van der Waals surface area contributed by atoms with Crippen molar-refractivity contribution in [2.45, 2.75) is 59.1 Å². The largest absolute Gasteiger partial charge is 0.185 e. The van der Waals surface area contributed by atoms with E-state index in [0.717, 1.165) is 18.5 Å².